The van der Waals surface area contributed by atoms with E-state index < -0.39 is 0 Å². The van der Waals surface area contributed by atoms with Gasteiger partial charge in [-0.2, -0.15) is 5.10 Å². The number of hydrogen-bond donors (Lipinski definition) is 1. The highest BCUT2D eigenvalue weighted by molar-refractivity contribution is 5.03. The summed E-state index contributed by atoms with van der Waals surface area (Å²) < 4.78 is 2.00. The number of rotatable bonds is 9. The van der Waals surface area contributed by atoms with Crippen LogP contribution in [0.2, 0.25) is 0 Å². The molecule has 0 amide bonds. The zero-order valence-electron chi connectivity index (χ0n) is 12.4. The van der Waals surface area contributed by atoms with Crippen LogP contribution in [0.1, 0.15) is 52.5 Å². The van der Waals surface area contributed by atoms with Gasteiger partial charge in [-0.3, -0.25) is 4.68 Å². The van der Waals surface area contributed by atoms with Crippen molar-refractivity contribution in [3.05, 3.63) is 18.0 Å². The lowest BCUT2D eigenvalue weighted by Gasteiger charge is -2.22. The fourth-order valence-corrected chi connectivity index (χ4v) is 2.24. The molecule has 0 spiro atoms. The number of aryl methyl sites for hydroxylation is 2. The second-order valence-electron chi connectivity index (χ2n) is 5.40. The Morgan fingerprint density at radius 3 is 2.67 bits per heavy atom. The van der Waals surface area contributed by atoms with Crippen molar-refractivity contribution in [3.63, 3.8) is 0 Å². The maximum Gasteiger partial charge on any atom is 0.0521 e. The van der Waals surface area contributed by atoms with Crippen molar-refractivity contribution < 1.29 is 0 Å². The summed E-state index contributed by atoms with van der Waals surface area (Å²) in [4.78, 5) is 0. The van der Waals surface area contributed by atoms with Gasteiger partial charge in [0.05, 0.1) is 6.20 Å². The van der Waals surface area contributed by atoms with Gasteiger partial charge >= 0.3 is 0 Å². The molecule has 0 aromatic carbocycles. The predicted molar refractivity (Wildman–Crippen MR) is 77.8 cm³/mol. The summed E-state index contributed by atoms with van der Waals surface area (Å²) in [6.45, 7) is 11.1. The quantitative estimate of drug-likeness (QED) is 0.730. The molecule has 0 bridgehead atoms. The van der Waals surface area contributed by atoms with Crippen molar-refractivity contribution in [1.82, 2.24) is 15.1 Å². The Bertz CT molecular complexity index is 317. The second kappa shape index (κ2) is 8.30. The van der Waals surface area contributed by atoms with Gasteiger partial charge < -0.3 is 5.32 Å². The van der Waals surface area contributed by atoms with Crippen LogP contribution >= 0.6 is 0 Å². The Morgan fingerprint density at radius 2 is 2.11 bits per heavy atom. The van der Waals surface area contributed by atoms with Gasteiger partial charge in [-0.1, -0.05) is 20.8 Å². The molecule has 0 aliphatic rings. The minimum atomic E-state index is 0.658. The summed E-state index contributed by atoms with van der Waals surface area (Å²) in [7, 11) is 0. The molecule has 1 N–H and O–H groups in total. The van der Waals surface area contributed by atoms with Gasteiger partial charge in [0.25, 0.3) is 0 Å². The van der Waals surface area contributed by atoms with Crippen molar-refractivity contribution in [3.8, 4) is 0 Å². The summed E-state index contributed by atoms with van der Waals surface area (Å²) in [6.07, 6.45) is 9.05. The van der Waals surface area contributed by atoms with E-state index >= 15 is 0 Å². The number of aromatic nitrogens is 2. The molecular weight excluding hydrogens is 222 g/mol. The van der Waals surface area contributed by atoms with Gasteiger partial charge in [0.1, 0.15) is 0 Å². The van der Waals surface area contributed by atoms with Crippen LogP contribution in [-0.2, 0) is 13.0 Å². The Kier molecular flexibility index (Phi) is 7.02. The van der Waals surface area contributed by atoms with Crippen molar-refractivity contribution in [1.29, 1.82) is 0 Å². The average molecular weight is 251 g/mol. The van der Waals surface area contributed by atoms with Gasteiger partial charge in [0, 0.05) is 18.8 Å². The first-order valence-electron chi connectivity index (χ1n) is 7.42. The van der Waals surface area contributed by atoms with E-state index in [4.69, 9.17) is 0 Å². The van der Waals surface area contributed by atoms with Gasteiger partial charge in [-0.15, -0.1) is 0 Å². The molecule has 3 nitrogen and oxygen atoms in total. The molecule has 1 atom stereocenters. The lowest BCUT2D eigenvalue weighted by molar-refractivity contribution is 0.370. The van der Waals surface area contributed by atoms with Crippen LogP contribution < -0.4 is 5.32 Å². The molecular formula is C15H29N3. The minimum Gasteiger partial charge on any atom is -0.314 e. The van der Waals surface area contributed by atoms with Crippen molar-refractivity contribution in [2.45, 2.75) is 66.0 Å². The first kappa shape index (κ1) is 15.2. The molecule has 0 aliphatic carbocycles. The average Bonchev–Trinajstić information content (AvgIpc) is 2.81. The Labute approximate surface area is 112 Å². The molecule has 0 aliphatic heterocycles. The third-order valence-corrected chi connectivity index (χ3v) is 3.45. The van der Waals surface area contributed by atoms with Crippen molar-refractivity contribution >= 4 is 0 Å². The molecule has 1 heterocycles. The monoisotopic (exact) mass is 251 g/mol. The highest BCUT2D eigenvalue weighted by Gasteiger charge is 2.11. The smallest absolute Gasteiger partial charge is 0.0521 e. The largest absolute Gasteiger partial charge is 0.314 e. The maximum atomic E-state index is 4.32. The summed E-state index contributed by atoms with van der Waals surface area (Å²) in [5, 5.41) is 7.97. The van der Waals surface area contributed by atoms with Crippen LogP contribution in [0.3, 0.4) is 0 Å². The Balaban J connectivity index is 2.29. The third kappa shape index (κ3) is 5.21. The van der Waals surface area contributed by atoms with E-state index in [0.717, 1.165) is 25.4 Å². The van der Waals surface area contributed by atoms with E-state index in [1.165, 1.54) is 24.8 Å². The number of nitrogens with one attached hydrogen (secondary N) is 1. The predicted octanol–water partition coefficient (Wildman–Crippen LogP) is 3.25. The Hall–Kier alpha value is -0.830. The van der Waals surface area contributed by atoms with Gasteiger partial charge in [-0.05, 0) is 50.6 Å². The van der Waals surface area contributed by atoms with Crippen molar-refractivity contribution in [2.75, 3.05) is 6.54 Å². The van der Waals surface area contributed by atoms with Crippen molar-refractivity contribution in [2.24, 2.45) is 5.92 Å². The zero-order chi connectivity index (χ0) is 13.4. The van der Waals surface area contributed by atoms with Crippen LogP contribution in [0.4, 0.5) is 0 Å². The summed E-state index contributed by atoms with van der Waals surface area (Å²) in [5.74, 6) is 0.718. The number of nitrogens with zero attached hydrogens (tertiary/aromatic N) is 2. The second-order valence-corrected chi connectivity index (χ2v) is 5.40. The van der Waals surface area contributed by atoms with E-state index in [0.29, 0.717) is 6.04 Å². The normalized spacial score (nSPS) is 13.2. The van der Waals surface area contributed by atoms with E-state index in [-0.39, 0.29) is 0 Å². The van der Waals surface area contributed by atoms with Crippen LogP contribution in [0.25, 0.3) is 0 Å². The highest BCUT2D eigenvalue weighted by Crippen LogP contribution is 2.12. The summed E-state index contributed by atoms with van der Waals surface area (Å²) in [6, 6.07) is 0.658. The van der Waals surface area contributed by atoms with E-state index in [2.05, 4.69) is 44.3 Å². The molecule has 104 valence electrons. The van der Waals surface area contributed by atoms with E-state index in [1.807, 2.05) is 10.9 Å². The standard InChI is InChI=1S/C15H29N3/c1-5-10-16-15(13(3)4)9-7-8-14-11-17-18(6-2)12-14/h11-13,15-16H,5-10H2,1-4H3. The molecule has 1 rings (SSSR count). The van der Waals surface area contributed by atoms with E-state index in [1.54, 1.807) is 0 Å². The molecule has 0 radical (unpaired) electrons. The van der Waals surface area contributed by atoms with E-state index in [9.17, 15) is 0 Å². The SMILES string of the molecule is CCCNC(CCCc1cnn(CC)c1)C(C)C. The molecule has 0 saturated carbocycles. The zero-order valence-corrected chi connectivity index (χ0v) is 12.4. The first-order valence-corrected chi connectivity index (χ1v) is 7.42. The summed E-state index contributed by atoms with van der Waals surface area (Å²) >= 11 is 0. The maximum absolute atomic E-state index is 4.32. The Morgan fingerprint density at radius 1 is 1.33 bits per heavy atom. The molecule has 1 unspecified atom stereocenters. The molecule has 1 aromatic rings. The van der Waals surface area contributed by atoms with Crippen LogP contribution in [0, 0.1) is 5.92 Å². The molecule has 18 heavy (non-hydrogen) atoms. The molecule has 0 fully saturated rings. The topological polar surface area (TPSA) is 29.9 Å². The fraction of sp³-hybridized carbons (Fsp3) is 0.800. The van der Waals surface area contributed by atoms with Gasteiger partial charge in [0.2, 0.25) is 0 Å². The number of hydrogen-bond acceptors (Lipinski definition) is 2. The lowest BCUT2D eigenvalue weighted by atomic mass is 9.97. The third-order valence-electron chi connectivity index (χ3n) is 3.45. The van der Waals surface area contributed by atoms with Gasteiger partial charge in [0.15, 0.2) is 0 Å². The van der Waals surface area contributed by atoms with Gasteiger partial charge in [-0.25, -0.2) is 0 Å². The molecule has 3 heteroatoms. The molecule has 0 saturated heterocycles. The summed E-state index contributed by atoms with van der Waals surface area (Å²) in [5.41, 5.74) is 1.37. The van der Waals surface area contributed by atoms with Crippen LogP contribution in [0.15, 0.2) is 12.4 Å². The minimum absolute atomic E-state index is 0.658. The first-order chi connectivity index (χ1) is 8.67. The van der Waals surface area contributed by atoms with Crippen LogP contribution in [0.5, 0.6) is 0 Å². The molecule has 1 aromatic heterocycles. The fourth-order valence-electron chi connectivity index (χ4n) is 2.24. The lowest BCUT2D eigenvalue weighted by Crippen LogP contribution is -2.34. The highest BCUT2D eigenvalue weighted by atomic mass is 15.3. The van der Waals surface area contributed by atoms with Crippen LogP contribution in [-0.4, -0.2) is 22.4 Å².